The predicted molar refractivity (Wildman–Crippen MR) is 86.9 cm³/mol. The fourth-order valence-corrected chi connectivity index (χ4v) is 2.33. The van der Waals surface area contributed by atoms with E-state index < -0.39 is 0 Å². The van der Waals surface area contributed by atoms with Crippen LogP contribution in [0.15, 0.2) is 36.9 Å². The van der Waals surface area contributed by atoms with Crippen LogP contribution in [0, 0.1) is 0 Å². The molecule has 2 amide bonds. The Morgan fingerprint density at radius 3 is 3.14 bits per heavy atom. The first kappa shape index (κ1) is 16.5. The smallest absolute Gasteiger partial charge is 0.319 e. The minimum Gasteiger partial charge on any atom is -0.376 e. The summed E-state index contributed by atoms with van der Waals surface area (Å²) in [5.41, 5.74) is 1.77. The van der Waals surface area contributed by atoms with Crippen molar-refractivity contribution >= 4 is 11.7 Å². The number of amides is 2. The molecule has 1 aromatic rings. The molecule has 0 saturated carbocycles. The number of rotatable bonds is 7. The molecule has 2 rings (SSSR count). The Hall–Kier alpha value is -1.85. The lowest BCUT2D eigenvalue weighted by Crippen LogP contribution is -2.28. The van der Waals surface area contributed by atoms with E-state index in [1.54, 1.807) is 6.08 Å². The van der Waals surface area contributed by atoms with E-state index in [0.717, 1.165) is 30.7 Å². The first-order valence-corrected chi connectivity index (χ1v) is 7.72. The maximum atomic E-state index is 11.6. The van der Waals surface area contributed by atoms with Gasteiger partial charge in [-0.15, -0.1) is 6.58 Å². The molecule has 22 heavy (non-hydrogen) atoms. The van der Waals surface area contributed by atoms with E-state index in [0.29, 0.717) is 19.8 Å². The highest BCUT2D eigenvalue weighted by Crippen LogP contribution is 2.15. The summed E-state index contributed by atoms with van der Waals surface area (Å²) in [5, 5.41) is 5.45. The maximum Gasteiger partial charge on any atom is 0.319 e. The van der Waals surface area contributed by atoms with E-state index in [2.05, 4.69) is 17.2 Å². The summed E-state index contributed by atoms with van der Waals surface area (Å²) >= 11 is 0. The molecule has 1 atom stereocenters. The molecule has 1 aliphatic heterocycles. The van der Waals surface area contributed by atoms with E-state index in [-0.39, 0.29) is 12.1 Å². The van der Waals surface area contributed by atoms with Crippen LogP contribution in [0.2, 0.25) is 0 Å². The normalized spacial score (nSPS) is 17.7. The third-order valence-electron chi connectivity index (χ3n) is 3.44. The molecule has 120 valence electrons. The zero-order valence-electron chi connectivity index (χ0n) is 12.8. The lowest BCUT2D eigenvalue weighted by atomic mass is 10.1. The van der Waals surface area contributed by atoms with Crippen LogP contribution >= 0.6 is 0 Å². The van der Waals surface area contributed by atoms with Gasteiger partial charge in [0.25, 0.3) is 0 Å². The Balaban J connectivity index is 1.75. The lowest BCUT2D eigenvalue weighted by molar-refractivity contribution is -0.0447. The number of carbonyl (C=O) groups excluding carboxylic acids is 1. The Bertz CT molecular complexity index is 485. The third kappa shape index (κ3) is 5.87. The Kier molecular flexibility index (Phi) is 6.93. The minimum absolute atomic E-state index is 0.222. The number of carbonyl (C=O) groups is 1. The summed E-state index contributed by atoms with van der Waals surface area (Å²) in [6.07, 6.45) is 5.30. The van der Waals surface area contributed by atoms with Crippen LogP contribution < -0.4 is 10.6 Å². The summed E-state index contributed by atoms with van der Waals surface area (Å²) in [5.74, 6) is 0. The molecule has 5 heteroatoms. The van der Waals surface area contributed by atoms with Crippen molar-refractivity contribution in [1.82, 2.24) is 5.32 Å². The average molecular weight is 304 g/mol. The quantitative estimate of drug-likeness (QED) is 0.761. The first-order chi connectivity index (χ1) is 10.8. The summed E-state index contributed by atoms with van der Waals surface area (Å²) in [4.78, 5) is 11.6. The number of anilines is 1. The number of hydrogen-bond acceptors (Lipinski definition) is 3. The van der Waals surface area contributed by atoms with Gasteiger partial charge < -0.3 is 20.1 Å². The molecule has 0 unspecified atom stereocenters. The van der Waals surface area contributed by atoms with Gasteiger partial charge in [-0.25, -0.2) is 4.79 Å². The van der Waals surface area contributed by atoms with E-state index in [1.165, 1.54) is 6.42 Å². The standard InChI is InChI=1S/C17H24N2O3/c1-2-9-18-17(20)19-15-7-5-6-14(11-15)12-21-13-16-8-3-4-10-22-16/h2,5-7,11,16H,1,3-4,8-10,12-13H2,(H2,18,19,20)/t16-/m0/s1. The molecule has 1 heterocycles. The highest BCUT2D eigenvalue weighted by molar-refractivity contribution is 5.89. The largest absolute Gasteiger partial charge is 0.376 e. The van der Waals surface area contributed by atoms with Crippen molar-refractivity contribution in [2.75, 3.05) is 25.1 Å². The summed E-state index contributed by atoms with van der Waals surface area (Å²) < 4.78 is 11.3. The van der Waals surface area contributed by atoms with Gasteiger partial charge in [0.1, 0.15) is 0 Å². The van der Waals surface area contributed by atoms with Crippen LogP contribution in [0.1, 0.15) is 24.8 Å². The molecule has 5 nitrogen and oxygen atoms in total. The van der Waals surface area contributed by atoms with Gasteiger partial charge in [-0.3, -0.25) is 0 Å². The molecule has 0 aromatic heterocycles. The maximum absolute atomic E-state index is 11.6. The van der Waals surface area contributed by atoms with Crippen LogP contribution in [0.4, 0.5) is 10.5 Å². The van der Waals surface area contributed by atoms with Gasteiger partial charge >= 0.3 is 6.03 Å². The van der Waals surface area contributed by atoms with Gasteiger partial charge in [-0.05, 0) is 37.0 Å². The number of nitrogens with one attached hydrogen (secondary N) is 2. The number of benzene rings is 1. The van der Waals surface area contributed by atoms with Gasteiger partial charge in [0, 0.05) is 18.8 Å². The molecule has 0 radical (unpaired) electrons. The number of ether oxygens (including phenoxy) is 2. The number of urea groups is 1. The van der Waals surface area contributed by atoms with E-state index in [9.17, 15) is 4.79 Å². The second-order valence-electron chi connectivity index (χ2n) is 5.33. The van der Waals surface area contributed by atoms with Crippen molar-refractivity contribution in [3.8, 4) is 0 Å². The third-order valence-corrected chi connectivity index (χ3v) is 3.44. The Labute approximate surface area is 131 Å². The van der Waals surface area contributed by atoms with Gasteiger partial charge in [-0.2, -0.15) is 0 Å². The predicted octanol–water partition coefficient (Wildman–Crippen LogP) is 3.08. The Morgan fingerprint density at radius 1 is 1.45 bits per heavy atom. The van der Waals surface area contributed by atoms with Crippen molar-refractivity contribution < 1.29 is 14.3 Å². The van der Waals surface area contributed by atoms with Crippen LogP contribution in [-0.4, -0.2) is 31.9 Å². The highest BCUT2D eigenvalue weighted by Gasteiger charge is 2.13. The Morgan fingerprint density at radius 2 is 2.36 bits per heavy atom. The van der Waals surface area contributed by atoms with Gasteiger partial charge in [-0.1, -0.05) is 18.2 Å². The van der Waals surface area contributed by atoms with Crippen molar-refractivity contribution in [3.05, 3.63) is 42.5 Å². The van der Waals surface area contributed by atoms with Crippen LogP contribution in [-0.2, 0) is 16.1 Å². The molecule has 1 saturated heterocycles. The van der Waals surface area contributed by atoms with Crippen LogP contribution in [0.3, 0.4) is 0 Å². The number of hydrogen-bond donors (Lipinski definition) is 2. The molecule has 2 N–H and O–H groups in total. The van der Waals surface area contributed by atoms with E-state index in [4.69, 9.17) is 9.47 Å². The summed E-state index contributed by atoms with van der Waals surface area (Å²) in [7, 11) is 0. The van der Waals surface area contributed by atoms with Gasteiger partial charge in [0.05, 0.1) is 19.3 Å². The molecule has 1 aromatic carbocycles. The monoisotopic (exact) mass is 304 g/mol. The minimum atomic E-state index is -0.242. The molecular formula is C17H24N2O3. The molecule has 0 bridgehead atoms. The summed E-state index contributed by atoms with van der Waals surface area (Å²) in [6, 6.07) is 7.40. The SMILES string of the molecule is C=CCNC(=O)Nc1cccc(COC[C@@H]2CCCCO2)c1. The molecule has 1 fully saturated rings. The second-order valence-corrected chi connectivity index (χ2v) is 5.33. The van der Waals surface area contributed by atoms with Crippen molar-refractivity contribution in [1.29, 1.82) is 0 Å². The first-order valence-electron chi connectivity index (χ1n) is 7.72. The molecular weight excluding hydrogens is 280 g/mol. The zero-order chi connectivity index (χ0) is 15.6. The van der Waals surface area contributed by atoms with Gasteiger partial charge in [0.2, 0.25) is 0 Å². The van der Waals surface area contributed by atoms with E-state index >= 15 is 0 Å². The van der Waals surface area contributed by atoms with Gasteiger partial charge in [0.15, 0.2) is 0 Å². The topological polar surface area (TPSA) is 59.6 Å². The highest BCUT2D eigenvalue weighted by atomic mass is 16.5. The molecule has 0 aliphatic carbocycles. The van der Waals surface area contributed by atoms with Crippen molar-refractivity contribution in [3.63, 3.8) is 0 Å². The van der Waals surface area contributed by atoms with Crippen LogP contribution in [0.5, 0.6) is 0 Å². The molecule has 0 spiro atoms. The zero-order valence-corrected chi connectivity index (χ0v) is 12.8. The summed E-state index contributed by atoms with van der Waals surface area (Å²) in [6.45, 7) is 5.98. The fraction of sp³-hybridized carbons (Fsp3) is 0.471. The van der Waals surface area contributed by atoms with Crippen molar-refractivity contribution in [2.45, 2.75) is 32.0 Å². The van der Waals surface area contributed by atoms with Crippen molar-refractivity contribution in [2.24, 2.45) is 0 Å². The fourth-order valence-electron chi connectivity index (χ4n) is 2.33. The van der Waals surface area contributed by atoms with Crippen LogP contribution in [0.25, 0.3) is 0 Å². The second kappa shape index (κ2) is 9.23. The van der Waals surface area contributed by atoms with E-state index in [1.807, 2.05) is 24.3 Å². The lowest BCUT2D eigenvalue weighted by Gasteiger charge is -2.22. The molecule has 1 aliphatic rings. The average Bonchev–Trinajstić information content (AvgIpc) is 2.54.